The molecule has 0 spiro atoms. The first kappa shape index (κ1) is 23.7. The van der Waals surface area contributed by atoms with E-state index in [4.69, 9.17) is 4.74 Å². The average molecular weight is 379 g/mol. The lowest BCUT2D eigenvalue weighted by Gasteiger charge is -2.30. The zero-order valence-corrected chi connectivity index (χ0v) is 16.3. The first-order valence-electron chi connectivity index (χ1n) is 8.70. The van der Waals surface area contributed by atoms with Crippen LogP contribution >= 0.6 is 12.4 Å². The third-order valence-electron chi connectivity index (χ3n) is 4.57. The van der Waals surface area contributed by atoms with Gasteiger partial charge in [0.1, 0.15) is 6.04 Å². The molecule has 1 fully saturated rings. The molecule has 146 valence electrons. The summed E-state index contributed by atoms with van der Waals surface area (Å²) >= 11 is 0. The summed E-state index contributed by atoms with van der Waals surface area (Å²) in [7, 11) is 0. The molecule has 25 heavy (non-hydrogen) atoms. The molecule has 4 atom stereocenters. The van der Waals surface area contributed by atoms with Gasteiger partial charge in [-0.3, -0.25) is 19.3 Å². The monoisotopic (exact) mass is 378 g/mol. The molecule has 1 aliphatic heterocycles. The minimum atomic E-state index is -0.913. The third-order valence-corrected chi connectivity index (χ3v) is 4.57. The highest BCUT2D eigenvalue weighted by atomic mass is 35.5. The number of halogens is 1. The Labute approximate surface area is 155 Å². The molecule has 2 unspecified atom stereocenters. The highest BCUT2D eigenvalue weighted by Gasteiger charge is 2.41. The number of carbonyl (C=O) groups is 3. The number of esters is 1. The third kappa shape index (κ3) is 7.20. The van der Waals surface area contributed by atoms with Gasteiger partial charge in [-0.2, -0.15) is 0 Å². The molecule has 0 saturated carbocycles. The van der Waals surface area contributed by atoms with Crippen molar-refractivity contribution in [3.8, 4) is 0 Å². The average Bonchev–Trinajstić information content (AvgIpc) is 2.90. The molecule has 7 nitrogen and oxygen atoms in total. The molecule has 1 amide bonds. The first-order valence-corrected chi connectivity index (χ1v) is 8.70. The number of likely N-dealkylation sites (tertiary alicyclic amines) is 1. The van der Waals surface area contributed by atoms with Gasteiger partial charge < -0.3 is 15.2 Å². The number of carboxylic acids is 1. The number of ether oxygens (including phenoxy) is 1. The number of hydrogen-bond acceptors (Lipinski definition) is 5. The van der Waals surface area contributed by atoms with Crippen molar-refractivity contribution in [2.45, 2.75) is 59.0 Å². The van der Waals surface area contributed by atoms with E-state index >= 15 is 0 Å². The van der Waals surface area contributed by atoms with Crippen LogP contribution in [0, 0.1) is 11.8 Å². The van der Waals surface area contributed by atoms with Crippen LogP contribution in [0.4, 0.5) is 0 Å². The van der Waals surface area contributed by atoms with E-state index in [9.17, 15) is 19.5 Å². The molecule has 1 saturated heterocycles. The Bertz CT molecular complexity index is 460. The normalized spacial score (nSPS) is 22.6. The van der Waals surface area contributed by atoms with E-state index in [2.05, 4.69) is 12.2 Å². The summed E-state index contributed by atoms with van der Waals surface area (Å²) in [5.41, 5.74) is 0. The number of aliphatic carboxylic acids is 1. The molecule has 0 aromatic carbocycles. The second kappa shape index (κ2) is 11.3. The molecule has 1 heterocycles. The van der Waals surface area contributed by atoms with Gasteiger partial charge in [0.2, 0.25) is 5.91 Å². The fraction of sp³-hybridized carbons (Fsp3) is 0.824. The van der Waals surface area contributed by atoms with Crippen LogP contribution in [0.3, 0.4) is 0 Å². The predicted molar refractivity (Wildman–Crippen MR) is 96.7 cm³/mol. The van der Waals surface area contributed by atoms with Crippen LogP contribution in [0.1, 0.15) is 47.0 Å². The maximum absolute atomic E-state index is 12.0. The zero-order valence-electron chi connectivity index (χ0n) is 15.5. The molecular weight excluding hydrogens is 348 g/mol. The van der Waals surface area contributed by atoms with Gasteiger partial charge in [0.05, 0.1) is 12.5 Å². The van der Waals surface area contributed by atoms with Crippen LogP contribution in [0.15, 0.2) is 0 Å². The predicted octanol–water partition coefficient (Wildman–Crippen LogP) is 1.69. The maximum atomic E-state index is 12.0. The maximum Gasteiger partial charge on any atom is 0.320 e. The standard InChI is InChI=1S/C17H30N2O5.ClH/c1-5-7-13(11(3)18-12(4)20)9-19-10-14(17(23)24-6-2)8-15(19)16(21)22;/h11,13-15H,5-10H2,1-4H3,(H,18,20)(H,21,22);1H/t11?,13?,14-,15-;/m1./s1. The second-order valence-electron chi connectivity index (χ2n) is 6.53. The molecule has 0 aromatic rings. The van der Waals surface area contributed by atoms with Crippen LogP contribution in [0.5, 0.6) is 0 Å². The van der Waals surface area contributed by atoms with Crippen LogP contribution in [0.25, 0.3) is 0 Å². The summed E-state index contributed by atoms with van der Waals surface area (Å²) in [5.74, 6) is -1.59. The highest BCUT2D eigenvalue weighted by Crippen LogP contribution is 2.27. The van der Waals surface area contributed by atoms with Crippen LogP contribution in [-0.4, -0.2) is 59.6 Å². The van der Waals surface area contributed by atoms with Crippen molar-refractivity contribution in [1.29, 1.82) is 0 Å². The summed E-state index contributed by atoms with van der Waals surface area (Å²) in [6.45, 7) is 8.46. The van der Waals surface area contributed by atoms with Crippen molar-refractivity contribution < 1.29 is 24.2 Å². The van der Waals surface area contributed by atoms with Crippen LogP contribution in [-0.2, 0) is 19.1 Å². The number of nitrogens with one attached hydrogen (secondary N) is 1. The van der Waals surface area contributed by atoms with E-state index in [1.165, 1.54) is 6.92 Å². The van der Waals surface area contributed by atoms with Crippen molar-refractivity contribution in [1.82, 2.24) is 10.2 Å². The molecular formula is C17H31ClN2O5. The summed E-state index contributed by atoms with van der Waals surface area (Å²) < 4.78 is 5.04. The summed E-state index contributed by atoms with van der Waals surface area (Å²) in [6.07, 6.45) is 2.11. The van der Waals surface area contributed by atoms with E-state index in [-0.39, 0.29) is 42.7 Å². The van der Waals surface area contributed by atoms with Gasteiger partial charge in [0.25, 0.3) is 0 Å². The number of hydrogen-bond donors (Lipinski definition) is 2. The minimum Gasteiger partial charge on any atom is -0.480 e. The Kier molecular flexibility index (Phi) is 10.7. The Morgan fingerprint density at radius 1 is 1.32 bits per heavy atom. The smallest absolute Gasteiger partial charge is 0.320 e. The van der Waals surface area contributed by atoms with Gasteiger partial charge in [-0.25, -0.2) is 0 Å². The van der Waals surface area contributed by atoms with Crippen LogP contribution < -0.4 is 5.32 Å². The molecule has 0 aliphatic carbocycles. The summed E-state index contributed by atoms with van der Waals surface area (Å²) in [4.78, 5) is 36.7. The van der Waals surface area contributed by atoms with Crippen molar-refractivity contribution in [3.63, 3.8) is 0 Å². The SMILES string of the molecule is CCCC(CN1C[C@H](C(=O)OCC)C[C@@H]1C(=O)O)C(C)NC(C)=O.Cl. The van der Waals surface area contributed by atoms with Gasteiger partial charge in [0, 0.05) is 26.1 Å². The van der Waals surface area contributed by atoms with E-state index < -0.39 is 17.9 Å². The Hall–Kier alpha value is -1.34. The molecule has 0 aromatic heterocycles. The molecule has 2 N–H and O–H groups in total. The first-order chi connectivity index (χ1) is 11.3. The molecule has 1 aliphatic rings. The van der Waals surface area contributed by atoms with Crippen molar-refractivity contribution >= 4 is 30.3 Å². The fourth-order valence-corrected chi connectivity index (χ4v) is 3.40. The largest absolute Gasteiger partial charge is 0.480 e. The van der Waals surface area contributed by atoms with Crippen molar-refractivity contribution in [2.75, 3.05) is 19.7 Å². The molecule has 0 radical (unpaired) electrons. The van der Waals surface area contributed by atoms with Gasteiger partial charge in [-0.05, 0) is 32.6 Å². The number of carbonyl (C=O) groups excluding carboxylic acids is 2. The summed E-state index contributed by atoms with van der Waals surface area (Å²) in [5, 5.41) is 12.4. The lowest BCUT2D eigenvalue weighted by atomic mass is 9.95. The molecule has 8 heteroatoms. The number of nitrogens with zero attached hydrogens (tertiary/aromatic N) is 1. The van der Waals surface area contributed by atoms with E-state index in [0.29, 0.717) is 19.7 Å². The van der Waals surface area contributed by atoms with Gasteiger partial charge in [-0.15, -0.1) is 12.4 Å². The number of carboxylic acid groups (broad SMARTS) is 1. The lowest BCUT2D eigenvalue weighted by molar-refractivity contribution is -0.147. The molecule has 1 rings (SSSR count). The number of rotatable bonds is 9. The van der Waals surface area contributed by atoms with Crippen LogP contribution in [0.2, 0.25) is 0 Å². The highest BCUT2D eigenvalue weighted by molar-refractivity contribution is 5.85. The molecule has 0 bridgehead atoms. The summed E-state index contributed by atoms with van der Waals surface area (Å²) in [6, 6.07) is -0.721. The lowest BCUT2D eigenvalue weighted by Crippen LogP contribution is -2.45. The second-order valence-corrected chi connectivity index (χ2v) is 6.53. The van der Waals surface area contributed by atoms with Gasteiger partial charge in [-0.1, -0.05) is 13.3 Å². The minimum absolute atomic E-state index is 0. The number of amides is 1. The van der Waals surface area contributed by atoms with Crippen molar-refractivity contribution in [2.24, 2.45) is 11.8 Å². The Balaban J connectivity index is 0.00000576. The Morgan fingerprint density at radius 2 is 1.96 bits per heavy atom. The van der Waals surface area contributed by atoms with E-state index in [1.54, 1.807) is 6.92 Å². The van der Waals surface area contributed by atoms with Gasteiger partial charge in [0.15, 0.2) is 0 Å². The fourth-order valence-electron chi connectivity index (χ4n) is 3.40. The van der Waals surface area contributed by atoms with E-state index in [1.807, 2.05) is 11.8 Å². The Morgan fingerprint density at radius 3 is 2.44 bits per heavy atom. The topological polar surface area (TPSA) is 95.9 Å². The zero-order chi connectivity index (χ0) is 18.3. The van der Waals surface area contributed by atoms with Crippen molar-refractivity contribution in [3.05, 3.63) is 0 Å². The van der Waals surface area contributed by atoms with E-state index in [0.717, 1.165) is 12.8 Å². The quantitative estimate of drug-likeness (QED) is 0.593. The van der Waals surface area contributed by atoms with Gasteiger partial charge >= 0.3 is 11.9 Å².